The fraction of sp³-hybridized carbons (Fsp3) is 0.200. The average Bonchev–Trinajstić information content (AvgIpc) is 2.37. The first-order valence-corrected chi connectivity index (χ1v) is 7.59. The van der Waals surface area contributed by atoms with Crippen LogP contribution in [0.1, 0.15) is 18.6 Å². The van der Waals surface area contributed by atoms with Crippen molar-refractivity contribution in [1.82, 2.24) is 0 Å². The Bertz CT molecular complexity index is 557. The molecule has 0 aromatic heterocycles. The molecule has 0 bridgehead atoms. The molecule has 2 unspecified atom stereocenters. The topological polar surface area (TPSA) is 35.2 Å². The molecule has 0 aliphatic carbocycles. The molecule has 19 heavy (non-hydrogen) atoms. The number of rotatable bonds is 4. The summed E-state index contributed by atoms with van der Waals surface area (Å²) in [6, 6.07) is 15.6. The number of benzene rings is 2. The van der Waals surface area contributed by atoms with Crippen molar-refractivity contribution in [2.24, 2.45) is 5.73 Å². The molecule has 0 aliphatic heterocycles. The second-order valence-electron chi connectivity index (χ2n) is 4.38. The molecular weight excluding hydrogens is 370 g/mol. The third-order valence-corrected chi connectivity index (χ3v) is 3.96. The Morgan fingerprint density at radius 2 is 1.79 bits per heavy atom. The van der Waals surface area contributed by atoms with Crippen LogP contribution >= 0.6 is 31.9 Å². The molecule has 0 heterocycles. The van der Waals surface area contributed by atoms with Crippen LogP contribution in [-0.2, 0) is 0 Å². The first kappa shape index (κ1) is 14.6. The Kier molecular flexibility index (Phi) is 5.02. The van der Waals surface area contributed by atoms with Crippen molar-refractivity contribution in [3.63, 3.8) is 0 Å². The first-order valence-electron chi connectivity index (χ1n) is 6.00. The smallest absolute Gasteiger partial charge is 0.140 e. The lowest BCUT2D eigenvalue weighted by Gasteiger charge is -2.24. The van der Waals surface area contributed by atoms with Crippen molar-refractivity contribution in [3.8, 4) is 5.75 Å². The van der Waals surface area contributed by atoms with Crippen molar-refractivity contribution in [2.75, 3.05) is 0 Å². The van der Waals surface area contributed by atoms with E-state index < -0.39 is 0 Å². The van der Waals surface area contributed by atoms with Gasteiger partial charge in [0.05, 0.1) is 0 Å². The Balaban J connectivity index is 2.29. The predicted molar refractivity (Wildman–Crippen MR) is 85.3 cm³/mol. The van der Waals surface area contributed by atoms with E-state index in [1.165, 1.54) is 0 Å². The lowest BCUT2D eigenvalue weighted by Crippen LogP contribution is -2.29. The minimum atomic E-state index is -0.190. The molecule has 100 valence electrons. The van der Waals surface area contributed by atoms with Crippen molar-refractivity contribution in [2.45, 2.75) is 19.1 Å². The van der Waals surface area contributed by atoms with Gasteiger partial charge in [-0.1, -0.05) is 56.1 Å². The monoisotopic (exact) mass is 383 g/mol. The summed E-state index contributed by atoms with van der Waals surface area (Å²) >= 11 is 6.99. The third kappa shape index (κ3) is 3.81. The van der Waals surface area contributed by atoms with Crippen LogP contribution in [-0.4, -0.2) is 6.04 Å². The van der Waals surface area contributed by atoms with E-state index in [1.807, 2.05) is 55.5 Å². The maximum Gasteiger partial charge on any atom is 0.140 e. The number of hydrogen-bond donors (Lipinski definition) is 1. The van der Waals surface area contributed by atoms with Crippen LogP contribution in [0, 0.1) is 0 Å². The fourth-order valence-corrected chi connectivity index (χ4v) is 2.74. The summed E-state index contributed by atoms with van der Waals surface area (Å²) in [6.45, 7) is 1.95. The summed E-state index contributed by atoms with van der Waals surface area (Å²) < 4.78 is 8.03. The molecule has 2 aromatic rings. The van der Waals surface area contributed by atoms with Crippen molar-refractivity contribution < 1.29 is 4.74 Å². The van der Waals surface area contributed by atoms with E-state index in [2.05, 4.69) is 31.9 Å². The highest BCUT2D eigenvalue weighted by Crippen LogP contribution is 2.30. The third-order valence-electron chi connectivity index (χ3n) is 2.75. The highest BCUT2D eigenvalue weighted by Gasteiger charge is 2.20. The molecule has 0 saturated heterocycles. The summed E-state index contributed by atoms with van der Waals surface area (Å²) in [4.78, 5) is 0. The molecule has 0 saturated carbocycles. The van der Waals surface area contributed by atoms with Crippen LogP contribution in [0.4, 0.5) is 0 Å². The molecule has 4 heteroatoms. The Morgan fingerprint density at radius 1 is 1.05 bits per heavy atom. The van der Waals surface area contributed by atoms with Crippen molar-refractivity contribution >= 4 is 31.9 Å². The van der Waals surface area contributed by atoms with E-state index in [4.69, 9.17) is 10.5 Å². The van der Waals surface area contributed by atoms with Crippen LogP contribution in [0.25, 0.3) is 0 Å². The number of ether oxygens (including phenoxy) is 1. The number of hydrogen-bond acceptors (Lipinski definition) is 2. The van der Waals surface area contributed by atoms with Crippen LogP contribution < -0.4 is 10.5 Å². The summed E-state index contributed by atoms with van der Waals surface area (Å²) in [6.07, 6.45) is -0.190. The van der Waals surface area contributed by atoms with E-state index >= 15 is 0 Å². The van der Waals surface area contributed by atoms with Crippen LogP contribution in [0.5, 0.6) is 5.75 Å². The van der Waals surface area contributed by atoms with E-state index in [-0.39, 0.29) is 12.1 Å². The van der Waals surface area contributed by atoms with Gasteiger partial charge in [0, 0.05) is 20.6 Å². The van der Waals surface area contributed by atoms with Crippen molar-refractivity contribution in [1.29, 1.82) is 0 Å². The molecule has 2 nitrogen and oxygen atoms in total. The standard InChI is InChI=1S/C15H15Br2NO/c1-10(18)15(13-7-2-3-8-14(13)17)19-12-6-4-5-11(16)9-12/h2-10,15H,18H2,1H3. The molecular formula is C15H15Br2NO. The van der Waals surface area contributed by atoms with E-state index in [0.29, 0.717) is 0 Å². The van der Waals surface area contributed by atoms with Gasteiger partial charge in [-0.2, -0.15) is 0 Å². The summed E-state index contributed by atoms with van der Waals surface area (Å²) in [5.74, 6) is 0.799. The van der Waals surface area contributed by atoms with Crippen LogP contribution in [0.15, 0.2) is 57.5 Å². The zero-order valence-corrected chi connectivity index (χ0v) is 13.7. The molecule has 0 radical (unpaired) electrons. The summed E-state index contributed by atoms with van der Waals surface area (Å²) in [5.41, 5.74) is 7.12. The maximum absolute atomic E-state index is 6.07. The van der Waals surface area contributed by atoms with Gasteiger partial charge in [-0.3, -0.25) is 0 Å². The van der Waals surface area contributed by atoms with Crippen LogP contribution in [0.2, 0.25) is 0 Å². The molecule has 2 aromatic carbocycles. The zero-order chi connectivity index (χ0) is 13.8. The highest BCUT2D eigenvalue weighted by atomic mass is 79.9. The van der Waals surface area contributed by atoms with E-state index in [1.54, 1.807) is 0 Å². The Labute approximate surface area is 130 Å². The van der Waals surface area contributed by atoms with Gasteiger partial charge in [-0.25, -0.2) is 0 Å². The van der Waals surface area contributed by atoms with Gasteiger partial charge in [0.1, 0.15) is 11.9 Å². The predicted octanol–water partition coefficient (Wildman–Crippen LogP) is 4.68. The molecule has 0 amide bonds. The Hall–Kier alpha value is -0.840. The number of nitrogens with two attached hydrogens (primary N) is 1. The minimum absolute atomic E-state index is 0.113. The lowest BCUT2D eigenvalue weighted by atomic mass is 10.0. The van der Waals surface area contributed by atoms with Gasteiger partial charge in [0.2, 0.25) is 0 Å². The summed E-state index contributed by atoms with van der Waals surface area (Å²) in [7, 11) is 0. The zero-order valence-electron chi connectivity index (χ0n) is 10.5. The molecule has 2 atom stereocenters. The molecule has 0 aliphatic rings. The molecule has 2 rings (SSSR count). The summed E-state index contributed by atoms with van der Waals surface area (Å²) in [5, 5.41) is 0. The van der Waals surface area contributed by atoms with Gasteiger partial charge in [0.15, 0.2) is 0 Å². The molecule has 0 spiro atoms. The average molecular weight is 385 g/mol. The largest absolute Gasteiger partial charge is 0.484 e. The fourth-order valence-electron chi connectivity index (χ4n) is 1.85. The Morgan fingerprint density at radius 3 is 2.42 bits per heavy atom. The quantitative estimate of drug-likeness (QED) is 0.830. The lowest BCUT2D eigenvalue weighted by molar-refractivity contribution is 0.179. The molecule has 0 fully saturated rings. The number of halogens is 2. The van der Waals surface area contributed by atoms with Gasteiger partial charge in [-0.15, -0.1) is 0 Å². The highest BCUT2D eigenvalue weighted by molar-refractivity contribution is 9.10. The minimum Gasteiger partial charge on any atom is -0.484 e. The maximum atomic E-state index is 6.07. The van der Waals surface area contributed by atoms with Crippen molar-refractivity contribution in [3.05, 3.63) is 63.0 Å². The van der Waals surface area contributed by atoms with Crippen LogP contribution in [0.3, 0.4) is 0 Å². The first-order chi connectivity index (χ1) is 9.08. The van der Waals surface area contributed by atoms with E-state index in [0.717, 1.165) is 20.3 Å². The second kappa shape index (κ2) is 6.55. The van der Waals surface area contributed by atoms with Gasteiger partial charge in [0.25, 0.3) is 0 Å². The SMILES string of the molecule is CC(N)C(Oc1cccc(Br)c1)c1ccccc1Br. The van der Waals surface area contributed by atoms with Gasteiger partial charge >= 0.3 is 0 Å². The van der Waals surface area contributed by atoms with E-state index in [9.17, 15) is 0 Å². The second-order valence-corrected chi connectivity index (χ2v) is 6.15. The molecule has 2 N–H and O–H groups in total. The van der Waals surface area contributed by atoms with Gasteiger partial charge < -0.3 is 10.5 Å². The normalized spacial score (nSPS) is 13.9. The van der Waals surface area contributed by atoms with Gasteiger partial charge in [-0.05, 0) is 31.2 Å².